The van der Waals surface area contributed by atoms with Gasteiger partial charge in [0.1, 0.15) is 12.1 Å². The molecule has 0 fully saturated rings. The third-order valence-electron chi connectivity index (χ3n) is 4.89. The summed E-state index contributed by atoms with van der Waals surface area (Å²) in [6, 6.07) is 21.3. The summed E-state index contributed by atoms with van der Waals surface area (Å²) in [5, 5.41) is 11.8. The zero-order chi connectivity index (χ0) is 20.5. The minimum Gasteiger partial charge on any atom is -0.350 e. The van der Waals surface area contributed by atoms with Gasteiger partial charge in [-0.15, -0.1) is 5.10 Å². The number of benzene rings is 2. The summed E-state index contributed by atoms with van der Waals surface area (Å²) in [5.41, 5.74) is 3.52. The predicted octanol–water partition coefficient (Wildman–Crippen LogP) is 2.13. The van der Waals surface area contributed by atoms with Crippen LogP contribution in [0.5, 0.6) is 0 Å². The SMILES string of the molecule is O=C(Cn1nc2c3cc(-c4ccccc4)nn3ccn2c1=O)NCc1ccccc1. The molecule has 8 nitrogen and oxygen atoms in total. The Morgan fingerprint density at radius 3 is 2.43 bits per heavy atom. The van der Waals surface area contributed by atoms with E-state index in [1.54, 1.807) is 16.9 Å². The highest BCUT2D eigenvalue weighted by Crippen LogP contribution is 2.20. The quantitative estimate of drug-likeness (QED) is 0.491. The van der Waals surface area contributed by atoms with Gasteiger partial charge < -0.3 is 5.32 Å². The van der Waals surface area contributed by atoms with Crippen molar-refractivity contribution in [2.24, 2.45) is 0 Å². The molecule has 1 N–H and O–H groups in total. The first-order valence-electron chi connectivity index (χ1n) is 9.53. The van der Waals surface area contributed by atoms with Crippen LogP contribution in [0, 0.1) is 0 Å². The zero-order valence-electron chi connectivity index (χ0n) is 16.0. The molecule has 0 saturated carbocycles. The summed E-state index contributed by atoms with van der Waals surface area (Å²) >= 11 is 0. The number of carbonyl (C=O) groups excluding carboxylic acids is 1. The van der Waals surface area contributed by atoms with Crippen LogP contribution >= 0.6 is 0 Å². The Bertz CT molecular complexity index is 1400. The Hall–Kier alpha value is -4.20. The molecule has 0 aliphatic heterocycles. The van der Waals surface area contributed by atoms with Crippen molar-refractivity contribution in [2.75, 3.05) is 0 Å². The van der Waals surface area contributed by atoms with E-state index >= 15 is 0 Å². The molecule has 0 aliphatic rings. The van der Waals surface area contributed by atoms with Gasteiger partial charge in [-0.2, -0.15) is 5.10 Å². The molecule has 3 aromatic heterocycles. The van der Waals surface area contributed by atoms with Crippen molar-refractivity contribution in [3.8, 4) is 11.3 Å². The lowest BCUT2D eigenvalue weighted by Gasteiger charge is -2.04. The summed E-state index contributed by atoms with van der Waals surface area (Å²) in [4.78, 5) is 25.0. The lowest BCUT2D eigenvalue weighted by molar-refractivity contribution is -0.122. The highest BCUT2D eigenvalue weighted by molar-refractivity contribution is 5.77. The maximum atomic E-state index is 12.7. The summed E-state index contributed by atoms with van der Waals surface area (Å²) in [7, 11) is 0. The third-order valence-corrected chi connectivity index (χ3v) is 4.89. The zero-order valence-corrected chi connectivity index (χ0v) is 16.0. The number of nitrogens with one attached hydrogen (secondary N) is 1. The minimum absolute atomic E-state index is 0.154. The van der Waals surface area contributed by atoms with Gasteiger partial charge in [0, 0.05) is 24.5 Å². The summed E-state index contributed by atoms with van der Waals surface area (Å²) in [5.74, 6) is -0.279. The van der Waals surface area contributed by atoms with Gasteiger partial charge in [0.2, 0.25) is 5.91 Å². The molecule has 0 aliphatic carbocycles. The summed E-state index contributed by atoms with van der Waals surface area (Å²) in [6.07, 6.45) is 3.31. The molecular weight excluding hydrogens is 380 g/mol. The fraction of sp³-hybridized carbons (Fsp3) is 0.0909. The number of rotatable bonds is 5. The second kappa shape index (κ2) is 7.32. The van der Waals surface area contributed by atoms with E-state index in [2.05, 4.69) is 15.5 Å². The van der Waals surface area contributed by atoms with E-state index in [0.717, 1.165) is 16.8 Å². The first-order chi connectivity index (χ1) is 14.7. The number of fused-ring (bicyclic) bond motifs is 3. The lowest BCUT2D eigenvalue weighted by Crippen LogP contribution is -2.32. The molecule has 0 radical (unpaired) electrons. The number of amides is 1. The molecule has 1 amide bonds. The molecule has 2 aromatic carbocycles. The average molecular weight is 398 g/mol. The van der Waals surface area contributed by atoms with Gasteiger partial charge in [-0.25, -0.2) is 18.4 Å². The van der Waals surface area contributed by atoms with E-state index < -0.39 is 0 Å². The van der Waals surface area contributed by atoms with Crippen LogP contribution in [-0.4, -0.2) is 29.7 Å². The first-order valence-corrected chi connectivity index (χ1v) is 9.53. The third kappa shape index (κ3) is 3.24. The largest absolute Gasteiger partial charge is 0.350 e. The van der Waals surface area contributed by atoms with E-state index in [4.69, 9.17) is 0 Å². The van der Waals surface area contributed by atoms with E-state index in [-0.39, 0.29) is 18.1 Å². The molecular formula is C22H18N6O2. The molecule has 5 aromatic rings. The van der Waals surface area contributed by atoms with Crippen molar-refractivity contribution in [3.63, 3.8) is 0 Å². The molecule has 30 heavy (non-hydrogen) atoms. The molecule has 0 atom stereocenters. The second-order valence-electron chi connectivity index (χ2n) is 6.92. The molecule has 0 unspecified atom stereocenters. The van der Waals surface area contributed by atoms with Gasteiger partial charge >= 0.3 is 5.69 Å². The van der Waals surface area contributed by atoms with Gasteiger partial charge in [0.05, 0.1) is 5.69 Å². The van der Waals surface area contributed by atoms with Gasteiger partial charge in [-0.3, -0.25) is 4.79 Å². The Morgan fingerprint density at radius 1 is 0.933 bits per heavy atom. The maximum Gasteiger partial charge on any atom is 0.350 e. The standard InChI is InChI=1S/C22H18N6O2/c29-20(23-14-16-7-3-1-4-8-16)15-28-22(30)26-11-12-27-19(21(26)25-28)13-18(24-27)17-9-5-2-6-10-17/h1-13H,14-15H2,(H,23,29). The van der Waals surface area contributed by atoms with Crippen LogP contribution in [0.2, 0.25) is 0 Å². The smallest absolute Gasteiger partial charge is 0.350 e. The number of aromatic nitrogens is 5. The van der Waals surface area contributed by atoms with Crippen LogP contribution in [-0.2, 0) is 17.9 Å². The van der Waals surface area contributed by atoms with Crippen LogP contribution in [0.25, 0.3) is 22.4 Å². The van der Waals surface area contributed by atoms with Crippen molar-refractivity contribution < 1.29 is 4.79 Å². The van der Waals surface area contributed by atoms with Gasteiger partial charge in [0.25, 0.3) is 0 Å². The predicted molar refractivity (Wildman–Crippen MR) is 112 cm³/mol. The molecule has 0 spiro atoms. The number of nitrogens with zero attached hydrogens (tertiary/aromatic N) is 5. The monoisotopic (exact) mass is 398 g/mol. The van der Waals surface area contributed by atoms with Crippen molar-refractivity contribution in [2.45, 2.75) is 13.1 Å². The Balaban J connectivity index is 1.44. The maximum absolute atomic E-state index is 12.7. The molecule has 5 rings (SSSR count). The number of hydrogen-bond acceptors (Lipinski definition) is 4. The fourth-order valence-electron chi connectivity index (χ4n) is 3.38. The molecule has 3 heterocycles. The van der Waals surface area contributed by atoms with Crippen LogP contribution in [0.1, 0.15) is 5.56 Å². The molecule has 148 valence electrons. The van der Waals surface area contributed by atoms with Gasteiger partial charge in [-0.05, 0) is 11.6 Å². The van der Waals surface area contributed by atoms with E-state index in [1.807, 2.05) is 66.7 Å². The van der Waals surface area contributed by atoms with Crippen LogP contribution in [0.3, 0.4) is 0 Å². The second-order valence-corrected chi connectivity index (χ2v) is 6.92. The molecule has 0 saturated heterocycles. The van der Waals surface area contributed by atoms with E-state index in [1.165, 1.54) is 9.08 Å². The molecule has 8 heteroatoms. The Labute approximate surface area is 171 Å². The summed E-state index contributed by atoms with van der Waals surface area (Å²) < 4.78 is 4.28. The van der Waals surface area contributed by atoms with Crippen molar-refractivity contribution in [3.05, 3.63) is 95.2 Å². The van der Waals surface area contributed by atoms with Crippen molar-refractivity contribution in [1.82, 2.24) is 29.1 Å². The lowest BCUT2D eigenvalue weighted by atomic mass is 10.1. The van der Waals surface area contributed by atoms with Crippen LogP contribution in [0.4, 0.5) is 0 Å². The van der Waals surface area contributed by atoms with Crippen LogP contribution in [0.15, 0.2) is 83.9 Å². The topological polar surface area (TPSA) is 85.7 Å². The fourth-order valence-corrected chi connectivity index (χ4v) is 3.38. The van der Waals surface area contributed by atoms with Crippen molar-refractivity contribution >= 4 is 17.1 Å². The highest BCUT2D eigenvalue weighted by Gasteiger charge is 2.15. The molecule has 0 bridgehead atoms. The van der Waals surface area contributed by atoms with E-state index in [9.17, 15) is 9.59 Å². The summed E-state index contributed by atoms with van der Waals surface area (Å²) in [6.45, 7) is 0.244. The normalized spacial score (nSPS) is 11.2. The minimum atomic E-state index is -0.371. The van der Waals surface area contributed by atoms with E-state index in [0.29, 0.717) is 17.7 Å². The number of carbonyl (C=O) groups is 1. The Morgan fingerprint density at radius 2 is 1.67 bits per heavy atom. The average Bonchev–Trinajstić information content (AvgIpc) is 3.35. The Kier molecular flexibility index (Phi) is 4.36. The van der Waals surface area contributed by atoms with Gasteiger partial charge in [-0.1, -0.05) is 60.7 Å². The number of hydrogen-bond donors (Lipinski definition) is 1. The highest BCUT2D eigenvalue weighted by atomic mass is 16.2. The first kappa shape index (κ1) is 17.9. The van der Waals surface area contributed by atoms with Crippen LogP contribution < -0.4 is 11.0 Å². The van der Waals surface area contributed by atoms with Gasteiger partial charge in [0.15, 0.2) is 5.65 Å². The van der Waals surface area contributed by atoms with Crippen molar-refractivity contribution in [1.29, 1.82) is 0 Å².